The van der Waals surface area contributed by atoms with Crippen molar-refractivity contribution in [2.45, 2.75) is 10.8 Å². The Hall–Kier alpha value is -8.98. The van der Waals surface area contributed by atoms with Crippen LogP contribution < -0.4 is 4.90 Å². The van der Waals surface area contributed by atoms with Gasteiger partial charge in [0, 0.05) is 27.6 Å². The van der Waals surface area contributed by atoms with Crippen LogP contribution in [0.2, 0.25) is 0 Å². The number of anilines is 3. The Morgan fingerprint density at radius 1 is 0.300 bits per heavy atom. The molecule has 0 atom stereocenters. The molecule has 2 nitrogen and oxygen atoms in total. The lowest BCUT2D eigenvalue weighted by atomic mass is 9.67. The predicted molar refractivity (Wildman–Crippen MR) is 288 cm³/mol. The molecule has 0 saturated heterocycles. The van der Waals surface area contributed by atoms with E-state index >= 15 is 0 Å². The van der Waals surface area contributed by atoms with E-state index in [9.17, 15) is 0 Å². The Labute approximate surface area is 408 Å². The van der Waals surface area contributed by atoms with Crippen LogP contribution in [0.25, 0.3) is 55.3 Å². The van der Waals surface area contributed by atoms with Crippen LogP contribution >= 0.6 is 0 Å². The molecular formula is C68H45NO. The van der Waals surface area contributed by atoms with Crippen LogP contribution in [0.15, 0.2) is 277 Å². The highest BCUT2D eigenvalue weighted by atomic mass is 16.3. The van der Waals surface area contributed by atoms with Crippen molar-refractivity contribution in [3.8, 4) is 33.4 Å². The minimum absolute atomic E-state index is 0.567. The van der Waals surface area contributed by atoms with Crippen molar-refractivity contribution in [1.82, 2.24) is 0 Å². The van der Waals surface area contributed by atoms with E-state index in [0.29, 0.717) is 0 Å². The van der Waals surface area contributed by atoms with Gasteiger partial charge >= 0.3 is 0 Å². The number of rotatable bonds is 8. The van der Waals surface area contributed by atoms with Crippen LogP contribution in [0.5, 0.6) is 0 Å². The maximum atomic E-state index is 6.26. The maximum absolute atomic E-state index is 6.26. The molecule has 2 aliphatic carbocycles. The Morgan fingerprint density at radius 3 is 1.43 bits per heavy atom. The summed E-state index contributed by atoms with van der Waals surface area (Å²) in [7, 11) is 0. The van der Waals surface area contributed by atoms with Crippen molar-refractivity contribution < 1.29 is 4.42 Å². The number of furan rings is 1. The van der Waals surface area contributed by atoms with Crippen LogP contribution in [0, 0.1) is 0 Å². The van der Waals surface area contributed by atoms with Crippen LogP contribution in [0.3, 0.4) is 0 Å². The molecule has 1 heterocycles. The monoisotopic (exact) mass is 891 g/mol. The van der Waals surface area contributed by atoms with E-state index in [2.05, 4.69) is 266 Å². The van der Waals surface area contributed by atoms with Gasteiger partial charge in [-0.1, -0.05) is 231 Å². The second-order valence-corrected chi connectivity index (χ2v) is 18.6. The molecule has 0 amide bonds. The van der Waals surface area contributed by atoms with Gasteiger partial charge in [-0.2, -0.15) is 0 Å². The molecule has 328 valence electrons. The van der Waals surface area contributed by atoms with E-state index in [-0.39, 0.29) is 0 Å². The molecule has 0 N–H and O–H groups in total. The highest BCUT2D eigenvalue weighted by molar-refractivity contribution is 6.06. The summed E-state index contributed by atoms with van der Waals surface area (Å²) in [6, 6.07) is 101. The predicted octanol–water partition coefficient (Wildman–Crippen LogP) is 17.4. The van der Waals surface area contributed by atoms with Gasteiger partial charge in [0.1, 0.15) is 11.2 Å². The van der Waals surface area contributed by atoms with Crippen molar-refractivity contribution in [1.29, 1.82) is 0 Å². The van der Waals surface area contributed by atoms with E-state index in [1.165, 1.54) is 66.8 Å². The van der Waals surface area contributed by atoms with Gasteiger partial charge < -0.3 is 9.32 Å². The molecule has 14 rings (SSSR count). The number of benzene rings is 11. The maximum Gasteiger partial charge on any atom is 0.135 e. The minimum Gasteiger partial charge on any atom is -0.456 e. The van der Waals surface area contributed by atoms with Gasteiger partial charge in [0.05, 0.1) is 22.2 Å². The molecule has 0 bridgehead atoms. The molecule has 0 saturated carbocycles. The second kappa shape index (κ2) is 15.8. The van der Waals surface area contributed by atoms with Crippen LogP contribution in [-0.4, -0.2) is 0 Å². The van der Waals surface area contributed by atoms with E-state index < -0.39 is 10.8 Å². The van der Waals surface area contributed by atoms with Crippen molar-refractivity contribution in [3.63, 3.8) is 0 Å². The summed E-state index contributed by atoms with van der Waals surface area (Å²) < 4.78 is 6.26. The Bertz CT molecular complexity index is 3850. The second-order valence-electron chi connectivity index (χ2n) is 18.6. The first-order valence-corrected chi connectivity index (χ1v) is 24.3. The van der Waals surface area contributed by atoms with Crippen molar-refractivity contribution in [2.75, 3.05) is 4.90 Å². The van der Waals surface area contributed by atoms with E-state index in [4.69, 9.17) is 4.42 Å². The van der Waals surface area contributed by atoms with Gasteiger partial charge in [-0.05, 0) is 109 Å². The first-order valence-electron chi connectivity index (χ1n) is 24.3. The molecule has 2 aliphatic rings. The zero-order valence-electron chi connectivity index (χ0n) is 38.3. The van der Waals surface area contributed by atoms with Gasteiger partial charge in [0.15, 0.2) is 0 Å². The van der Waals surface area contributed by atoms with Crippen molar-refractivity contribution >= 4 is 39.0 Å². The van der Waals surface area contributed by atoms with Gasteiger partial charge in [-0.3, -0.25) is 0 Å². The summed E-state index contributed by atoms with van der Waals surface area (Å²) in [6.07, 6.45) is 0. The molecular weight excluding hydrogens is 847 g/mol. The lowest BCUT2D eigenvalue weighted by molar-refractivity contribution is 0.669. The highest BCUT2D eigenvalue weighted by Crippen LogP contribution is 2.63. The molecule has 0 aliphatic heterocycles. The number of hydrogen-bond donors (Lipinski definition) is 0. The quantitative estimate of drug-likeness (QED) is 0.151. The molecule has 1 aromatic heterocycles. The average molecular weight is 892 g/mol. The van der Waals surface area contributed by atoms with E-state index in [0.717, 1.165) is 50.1 Å². The summed E-state index contributed by atoms with van der Waals surface area (Å²) in [5.74, 6) is 0. The smallest absolute Gasteiger partial charge is 0.135 e. The fourth-order valence-corrected chi connectivity index (χ4v) is 12.4. The standard InChI is InChI=1S/C68H45NO/c1-5-21-48(22-6-1)67(49-23-7-2-8-24-49)59-34-17-14-31-56(59)65-60(67)35-20-36-61(65)69(52-42-39-46(40-43-52)47-41-44-64-57(45-47)54-30-15-18-38-63(54)70-64)62-37-19-32-55-53-29-13-16-33-58(53)68(66(55)62,50-25-9-3-10-26-50)51-27-11-4-12-28-51/h1-45H. The fourth-order valence-electron chi connectivity index (χ4n) is 12.4. The molecule has 11 aromatic carbocycles. The van der Waals surface area contributed by atoms with Crippen LogP contribution in [0.4, 0.5) is 17.1 Å². The first-order chi connectivity index (χ1) is 34.7. The van der Waals surface area contributed by atoms with Crippen LogP contribution in [-0.2, 0) is 10.8 Å². The SMILES string of the molecule is c1ccc(C2(c3ccccc3)c3ccccc3-c3c(N(c4ccc(-c5ccc6oc7ccccc7c6c5)cc4)c4cccc5c4C(c4ccccc4)(c4ccccc4)c4ccccc4-5)cccc32)cc1. The summed E-state index contributed by atoms with van der Waals surface area (Å²) in [6.45, 7) is 0. The molecule has 0 spiro atoms. The highest BCUT2D eigenvalue weighted by Gasteiger charge is 2.50. The fraction of sp³-hybridized carbons (Fsp3) is 0.0294. The zero-order chi connectivity index (χ0) is 46.2. The summed E-state index contributed by atoms with van der Waals surface area (Å²) in [4.78, 5) is 2.57. The Balaban J connectivity index is 1.07. The van der Waals surface area contributed by atoms with Crippen molar-refractivity contribution in [2.24, 2.45) is 0 Å². The average Bonchev–Trinajstić information content (AvgIpc) is 4.08. The number of fused-ring (bicyclic) bond motifs is 9. The van der Waals surface area contributed by atoms with Gasteiger partial charge in [0.25, 0.3) is 0 Å². The van der Waals surface area contributed by atoms with E-state index in [1.807, 2.05) is 12.1 Å². The lowest BCUT2D eigenvalue weighted by Gasteiger charge is -2.38. The van der Waals surface area contributed by atoms with Gasteiger partial charge in [-0.25, -0.2) is 0 Å². The number of hydrogen-bond acceptors (Lipinski definition) is 2. The van der Waals surface area contributed by atoms with Crippen molar-refractivity contribution in [3.05, 3.63) is 317 Å². The zero-order valence-corrected chi connectivity index (χ0v) is 38.3. The van der Waals surface area contributed by atoms with Crippen LogP contribution in [0.1, 0.15) is 44.5 Å². The Morgan fingerprint density at radius 2 is 0.771 bits per heavy atom. The first kappa shape index (κ1) is 40.1. The summed E-state index contributed by atoms with van der Waals surface area (Å²) >= 11 is 0. The Kier molecular flexibility index (Phi) is 9.06. The number of para-hydroxylation sites is 1. The molecule has 2 heteroatoms. The lowest BCUT2D eigenvalue weighted by Crippen LogP contribution is -2.30. The largest absolute Gasteiger partial charge is 0.456 e. The normalized spacial score (nSPS) is 13.7. The van der Waals surface area contributed by atoms with E-state index in [1.54, 1.807) is 0 Å². The number of nitrogens with zero attached hydrogens (tertiary/aromatic N) is 1. The topological polar surface area (TPSA) is 16.4 Å². The third-order valence-corrected chi connectivity index (χ3v) is 15.2. The third-order valence-electron chi connectivity index (χ3n) is 15.2. The summed E-state index contributed by atoms with van der Waals surface area (Å²) in [5, 5.41) is 2.25. The summed E-state index contributed by atoms with van der Waals surface area (Å²) in [5.41, 5.74) is 21.2. The molecule has 0 unspecified atom stereocenters. The molecule has 70 heavy (non-hydrogen) atoms. The minimum atomic E-state index is -0.639. The third kappa shape index (κ3) is 5.68. The van der Waals surface area contributed by atoms with Gasteiger partial charge in [-0.15, -0.1) is 0 Å². The van der Waals surface area contributed by atoms with Gasteiger partial charge in [0.2, 0.25) is 0 Å². The molecule has 0 fully saturated rings. The molecule has 0 radical (unpaired) electrons. The molecule has 12 aromatic rings.